The molecule has 0 aliphatic rings. The average Bonchev–Trinajstić information content (AvgIpc) is 2.56. The number of hydrogen-bond acceptors (Lipinski definition) is 3. The van der Waals surface area contributed by atoms with Crippen molar-refractivity contribution in [2.75, 3.05) is 19.5 Å². The third kappa shape index (κ3) is 4.26. The second-order valence-electron chi connectivity index (χ2n) is 5.36. The first kappa shape index (κ1) is 17.8. The summed E-state index contributed by atoms with van der Waals surface area (Å²) in [6.45, 7) is 1.85. The molecule has 0 unspecified atom stereocenters. The van der Waals surface area contributed by atoms with Crippen molar-refractivity contribution in [3.8, 4) is 5.75 Å². The van der Waals surface area contributed by atoms with Crippen LogP contribution in [0.1, 0.15) is 22.8 Å². The molecule has 0 saturated carbocycles. The van der Waals surface area contributed by atoms with E-state index in [1.54, 1.807) is 18.0 Å². The predicted molar refractivity (Wildman–Crippen MR) is 94.5 cm³/mol. The van der Waals surface area contributed by atoms with Gasteiger partial charge in [0.05, 0.1) is 23.4 Å². The maximum atomic E-state index is 12.7. The van der Waals surface area contributed by atoms with Crippen molar-refractivity contribution in [2.24, 2.45) is 0 Å². The fraction of sp³-hybridized carbons (Fsp3) is 0.222. The molecule has 2 rings (SSSR count). The molecule has 0 aromatic heterocycles. The van der Waals surface area contributed by atoms with E-state index < -0.39 is 0 Å². The maximum Gasteiger partial charge on any atom is 0.257 e. The zero-order valence-electron chi connectivity index (χ0n) is 13.8. The van der Waals surface area contributed by atoms with Crippen LogP contribution in [0.15, 0.2) is 42.5 Å². The quantitative estimate of drug-likeness (QED) is 0.900. The van der Waals surface area contributed by atoms with E-state index in [1.807, 2.05) is 30.3 Å². The van der Waals surface area contributed by atoms with Gasteiger partial charge in [0.1, 0.15) is 5.75 Å². The molecule has 0 bridgehead atoms. The van der Waals surface area contributed by atoms with Gasteiger partial charge in [-0.1, -0.05) is 41.9 Å². The van der Waals surface area contributed by atoms with Gasteiger partial charge in [-0.3, -0.25) is 9.59 Å². The molecule has 2 amide bonds. The fourth-order valence-corrected chi connectivity index (χ4v) is 2.52. The SMILES string of the molecule is COc1cc(NC(C)=O)c(Cl)cc1C(=O)N(C)Cc1ccccc1. The van der Waals surface area contributed by atoms with E-state index in [0.29, 0.717) is 23.5 Å². The normalized spacial score (nSPS) is 10.2. The third-order valence-corrected chi connectivity index (χ3v) is 3.75. The Labute approximate surface area is 146 Å². The Morgan fingerprint density at radius 2 is 1.88 bits per heavy atom. The molecular weight excluding hydrogens is 328 g/mol. The zero-order chi connectivity index (χ0) is 17.7. The van der Waals surface area contributed by atoms with Crippen molar-refractivity contribution in [2.45, 2.75) is 13.5 Å². The lowest BCUT2D eigenvalue weighted by molar-refractivity contribution is -0.114. The summed E-state index contributed by atoms with van der Waals surface area (Å²) >= 11 is 6.17. The van der Waals surface area contributed by atoms with Gasteiger partial charge in [0.15, 0.2) is 0 Å². The topological polar surface area (TPSA) is 58.6 Å². The summed E-state index contributed by atoms with van der Waals surface area (Å²) in [5, 5.41) is 2.89. The number of halogens is 1. The minimum Gasteiger partial charge on any atom is -0.496 e. The van der Waals surface area contributed by atoms with Gasteiger partial charge in [0.2, 0.25) is 5.91 Å². The Bertz CT molecular complexity index is 747. The summed E-state index contributed by atoms with van der Waals surface area (Å²) in [7, 11) is 3.18. The summed E-state index contributed by atoms with van der Waals surface area (Å²) in [5.74, 6) is -0.112. The molecule has 24 heavy (non-hydrogen) atoms. The Morgan fingerprint density at radius 1 is 1.21 bits per heavy atom. The Hall–Kier alpha value is -2.53. The van der Waals surface area contributed by atoms with E-state index in [9.17, 15) is 9.59 Å². The second-order valence-corrected chi connectivity index (χ2v) is 5.77. The average molecular weight is 347 g/mol. The van der Waals surface area contributed by atoms with E-state index >= 15 is 0 Å². The number of carbonyl (C=O) groups excluding carboxylic acids is 2. The standard InChI is InChI=1S/C18H19ClN2O3/c1-12(22)20-16-10-17(24-3)14(9-15(16)19)18(23)21(2)11-13-7-5-4-6-8-13/h4-10H,11H2,1-3H3,(H,20,22). The van der Waals surface area contributed by atoms with E-state index in [0.717, 1.165) is 5.56 Å². The number of methoxy groups -OCH3 is 1. The number of ether oxygens (including phenoxy) is 1. The minimum atomic E-state index is -0.251. The molecule has 0 radical (unpaired) electrons. The summed E-state index contributed by atoms with van der Waals surface area (Å²) in [4.78, 5) is 25.5. The lowest BCUT2D eigenvalue weighted by Crippen LogP contribution is -2.26. The highest BCUT2D eigenvalue weighted by atomic mass is 35.5. The lowest BCUT2D eigenvalue weighted by Gasteiger charge is -2.20. The van der Waals surface area contributed by atoms with Gasteiger partial charge in [-0.25, -0.2) is 0 Å². The first-order chi connectivity index (χ1) is 11.4. The molecule has 0 fully saturated rings. The third-order valence-electron chi connectivity index (χ3n) is 3.44. The van der Waals surface area contributed by atoms with Crippen LogP contribution in [-0.2, 0) is 11.3 Å². The van der Waals surface area contributed by atoms with Crippen LogP contribution >= 0.6 is 11.6 Å². The molecule has 0 atom stereocenters. The smallest absolute Gasteiger partial charge is 0.257 e. The molecule has 2 aromatic carbocycles. The van der Waals surface area contributed by atoms with E-state index in [2.05, 4.69) is 5.32 Å². The molecule has 5 nitrogen and oxygen atoms in total. The highest BCUT2D eigenvalue weighted by molar-refractivity contribution is 6.34. The monoisotopic (exact) mass is 346 g/mol. The first-order valence-electron chi connectivity index (χ1n) is 7.37. The molecule has 0 saturated heterocycles. The predicted octanol–water partition coefficient (Wildman–Crippen LogP) is 3.58. The number of carbonyl (C=O) groups is 2. The minimum absolute atomic E-state index is 0.216. The van der Waals surface area contributed by atoms with Crippen LogP contribution in [0, 0.1) is 0 Å². The molecule has 0 spiro atoms. The van der Waals surface area contributed by atoms with Gasteiger partial charge in [-0.15, -0.1) is 0 Å². The molecule has 6 heteroatoms. The molecule has 0 aliphatic carbocycles. The van der Waals surface area contributed by atoms with Crippen LogP contribution in [0.3, 0.4) is 0 Å². The molecule has 2 aromatic rings. The van der Waals surface area contributed by atoms with Crippen LogP contribution < -0.4 is 10.1 Å². The number of nitrogens with one attached hydrogen (secondary N) is 1. The van der Waals surface area contributed by atoms with Crippen molar-refractivity contribution in [1.29, 1.82) is 0 Å². The van der Waals surface area contributed by atoms with Gasteiger partial charge in [-0.2, -0.15) is 0 Å². The Balaban J connectivity index is 2.27. The highest BCUT2D eigenvalue weighted by Gasteiger charge is 2.19. The van der Waals surface area contributed by atoms with Crippen molar-refractivity contribution in [3.05, 3.63) is 58.6 Å². The van der Waals surface area contributed by atoms with Gasteiger partial charge >= 0.3 is 0 Å². The molecule has 126 valence electrons. The van der Waals surface area contributed by atoms with Gasteiger partial charge in [-0.05, 0) is 11.6 Å². The second kappa shape index (κ2) is 7.84. The van der Waals surface area contributed by atoms with Crippen LogP contribution in [0.4, 0.5) is 5.69 Å². The van der Waals surface area contributed by atoms with Gasteiger partial charge < -0.3 is 15.0 Å². The summed E-state index contributed by atoms with van der Waals surface area (Å²) < 4.78 is 5.29. The van der Waals surface area contributed by atoms with Crippen molar-refractivity contribution < 1.29 is 14.3 Å². The highest BCUT2D eigenvalue weighted by Crippen LogP contribution is 2.31. The maximum absolute atomic E-state index is 12.7. The van der Waals surface area contributed by atoms with Gasteiger partial charge in [0.25, 0.3) is 5.91 Å². The Morgan fingerprint density at radius 3 is 2.46 bits per heavy atom. The van der Waals surface area contributed by atoms with E-state index in [4.69, 9.17) is 16.3 Å². The summed E-state index contributed by atoms with van der Waals surface area (Å²) in [6.07, 6.45) is 0. The molecular formula is C18H19ClN2O3. The number of anilines is 1. The van der Waals surface area contributed by atoms with Crippen LogP contribution in [0.25, 0.3) is 0 Å². The summed E-state index contributed by atoms with van der Waals surface area (Å²) in [5.41, 5.74) is 1.77. The molecule has 1 N–H and O–H groups in total. The van der Waals surface area contributed by atoms with Crippen molar-refractivity contribution in [1.82, 2.24) is 4.90 Å². The van der Waals surface area contributed by atoms with Crippen molar-refractivity contribution >= 4 is 29.1 Å². The van der Waals surface area contributed by atoms with Crippen LogP contribution in [-0.4, -0.2) is 30.9 Å². The Kier molecular flexibility index (Phi) is 5.82. The zero-order valence-corrected chi connectivity index (χ0v) is 14.6. The first-order valence-corrected chi connectivity index (χ1v) is 7.74. The van der Waals surface area contributed by atoms with Gasteiger partial charge in [0, 0.05) is 26.6 Å². The van der Waals surface area contributed by atoms with E-state index in [-0.39, 0.29) is 16.8 Å². The number of benzene rings is 2. The van der Waals surface area contributed by atoms with Crippen LogP contribution in [0.5, 0.6) is 5.75 Å². The number of hydrogen-bond donors (Lipinski definition) is 1. The lowest BCUT2D eigenvalue weighted by atomic mass is 10.1. The van der Waals surface area contributed by atoms with Crippen molar-refractivity contribution in [3.63, 3.8) is 0 Å². The number of amides is 2. The van der Waals surface area contributed by atoms with E-state index in [1.165, 1.54) is 20.1 Å². The molecule has 0 aliphatic heterocycles. The number of rotatable bonds is 5. The largest absolute Gasteiger partial charge is 0.496 e. The number of nitrogens with zero attached hydrogens (tertiary/aromatic N) is 1. The molecule has 0 heterocycles. The fourth-order valence-electron chi connectivity index (χ4n) is 2.31. The van der Waals surface area contributed by atoms with Crippen LogP contribution in [0.2, 0.25) is 5.02 Å². The summed E-state index contributed by atoms with van der Waals surface area (Å²) in [6, 6.07) is 12.7.